The Morgan fingerprint density at radius 1 is 1.00 bits per heavy atom. The number of halogens is 2. The second kappa shape index (κ2) is 15.3. The first kappa shape index (κ1) is 35.5. The summed E-state index contributed by atoms with van der Waals surface area (Å²) in [5.41, 5.74) is 4.58. The number of nitrogens with one attached hydrogen (secondary N) is 3. The van der Waals surface area contributed by atoms with Crippen LogP contribution in [0.1, 0.15) is 44.9 Å². The molecule has 0 bridgehead atoms. The average Bonchev–Trinajstić information content (AvgIpc) is 3.10. The van der Waals surface area contributed by atoms with Gasteiger partial charge >= 0.3 is 0 Å². The van der Waals surface area contributed by atoms with E-state index in [4.69, 9.17) is 9.72 Å². The van der Waals surface area contributed by atoms with Crippen molar-refractivity contribution in [3.05, 3.63) is 58.1 Å². The van der Waals surface area contributed by atoms with Crippen LogP contribution < -0.4 is 30.9 Å². The minimum absolute atomic E-state index is 0.218. The third-order valence-corrected chi connectivity index (χ3v) is 11.6. The van der Waals surface area contributed by atoms with E-state index in [0.29, 0.717) is 51.7 Å². The predicted molar refractivity (Wildman–Crippen MR) is 203 cm³/mol. The van der Waals surface area contributed by atoms with E-state index in [1.54, 1.807) is 19.5 Å². The average molecular weight is 754 g/mol. The van der Waals surface area contributed by atoms with Gasteiger partial charge < -0.3 is 30.2 Å². The van der Waals surface area contributed by atoms with Crippen LogP contribution in [0.5, 0.6) is 5.75 Å². The molecule has 0 amide bonds. The van der Waals surface area contributed by atoms with E-state index >= 15 is 4.39 Å². The van der Waals surface area contributed by atoms with Crippen molar-refractivity contribution >= 4 is 68.1 Å². The first-order chi connectivity index (χ1) is 23.6. The van der Waals surface area contributed by atoms with Crippen LogP contribution in [0.2, 0.25) is 0 Å². The molecule has 49 heavy (non-hydrogen) atoms. The Bertz CT molecular complexity index is 1860. The number of rotatable bonds is 11. The highest BCUT2D eigenvalue weighted by Gasteiger charge is 2.28. The van der Waals surface area contributed by atoms with Gasteiger partial charge in [-0.1, -0.05) is 19.9 Å². The van der Waals surface area contributed by atoms with Crippen molar-refractivity contribution in [3.63, 3.8) is 0 Å². The van der Waals surface area contributed by atoms with Crippen molar-refractivity contribution in [2.24, 2.45) is 0 Å². The lowest BCUT2D eigenvalue weighted by atomic mass is 9.99. The summed E-state index contributed by atoms with van der Waals surface area (Å²) in [5, 5.41) is 11.2. The molecule has 4 heterocycles. The number of aromatic nitrogens is 3. The van der Waals surface area contributed by atoms with Gasteiger partial charge in [-0.3, -0.25) is 4.90 Å². The molecule has 262 valence electrons. The number of hydrogen-bond donors (Lipinski definition) is 3. The molecular weight excluding hydrogens is 706 g/mol. The lowest BCUT2D eigenvalue weighted by molar-refractivity contribution is 0.150. The van der Waals surface area contributed by atoms with Crippen LogP contribution in [0, 0.1) is 5.82 Å². The summed E-state index contributed by atoms with van der Waals surface area (Å²) in [6.45, 7) is 16.4. The molecule has 2 fully saturated rings. The number of hydrogen-bond acceptors (Lipinski definition) is 10. The third-order valence-electron chi connectivity index (χ3n) is 9.44. The quantitative estimate of drug-likeness (QED) is 0.138. The Morgan fingerprint density at radius 3 is 2.43 bits per heavy atom. The zero-order valence-electron chi connectivity index (χ0n) is 29.1. The van der Waals surface area contributed by atoms with E-state index < -0.39 is 13.0 Å². The largest absolute Gasteiger partial charge is 0.492 e. The van der Waals surface area contributed by atoms with Crippen molar-refractivity contribution in [2.45, 2.75) is 52.5 Å². The van der Waals surface area contributed by atoms with Gasteiger partial charge in [0, 0.05) is 85.7 Å². The van der Waals surface area contributed by atoms with Gasteiger partial charge in [0.15, 0.2) is 5.82 Å². The molecule has 3 N–H and O–H groups in total. The van der Waals surface area contributed by atoms with Crippen LogP contribution in [0.15, 0.2) is 41.0 Å². The van der Waals surface area contributed by atoms with Crippen LogP contribution in [-0.4, -0.2) is 85.1 Å². The minimum atomic E-state index is -2.88. The molecule has 0 atom stereocenters. The molecule has 10 nitrogen and oxygen atoms in total. The zero-order valence-corrected chi connectivity index (χ0v) is 31.6. The number of anilines is 5. The Hall–Kier alpha value is -3.31. The van der Waals surface area contributed by atoms with E-state index in [1.807, 2.05) is 26.0 Å². The third kappa shape index (κ3) is 7.88. The molecule has 0 aliphatic carbocycles. The molecule has 2 aromatic heterocycles. The maximum absolute atomic E-state index is 15.5. The van der Waals surface area contributed by atoms with E-state index in [2.05, 4.69) is 70.7 Å². The van der Waals surface area contributed by atoms with Crippen LogP contribution >= 0.6 is 23.1 Å². The summed E-state index contributed by atoms with van der Waals surface area (Å²) >= 11 is 3.55. The molecule has 0 unspecified atom stereocenters. The van der Waals surface area contributed by atoms with E-state index in [-0.39, 0.29) is 5.52 Å². The van der Waals surface area contributed by atoms with Gasteiger partial charge in [-0.2, -0.15) is 4.98 Å². The summed E-state index contributed by atoms with van der Waals surface area (Å²) in [4.78, 5) is 18.9. The van der Waals surface area contributed by atoms with Gasteiger partial charge in [0.25, 0.3) is 0 Å². The summed E-state index contributed by atoms with van der Waals surface area (Å²) in [5.74, 6) is 0.985. The molecule has 6 rings (SSSR count). The van der Waals surface area contributed by atoms with Crippen LogP contribution in [0.4, 0.5) is 33.2 Å². The number of benzene rings is 2. The molecule has 0 saturated carbocycles. The number of nitrogens with zero attached hydrogens (tertiary/aromatic N) is 5. The fourth-order valence-electron chi connectivity index (χ4n) is 7.00. The fraction of sp³-hybridized carbons (Fsp3) is 0.472. The highest BCUT2D eigenvalue weighted by Crippen LogP contribution is 2.43. The maximum Gasteiger partial charge on any atom is 0.229 e. The first-order valence-corrected chi connectivity index (χ1v) is 20.7. The monoisotopic (exact) mass is 752 g/mol. The second-order valence-corrected chi connectivity index (χ2v) is 17.1. The van der Waals surface area contributed by atoms with Crippen LogP contribution in [-0.2, 0) is 17.4 Å². The van der Waals surface area contributed by atoms with Crippen molar-refractivity contribution in [2.75, 3.05) is 74.7 Å². The van der Waals surface area contributed by atoms with Gasteiger partial charge in [-0.05, 0) is 79.6 Å². The Morgan fingerprint density at radius 2 is 1.76 bits per heavy atom. The molecule has 2 aromatic carbocycles. The first-order valence-electron chi connectivity index (χ1n) is 17.3. The van der Waals surface area contributed by atoms with E-state index in [9.17, 15) is 4.57 Å². The second-order valence-electron chi connectivity index (χ2n) is 13.1. The molecule has 2 aliphatic heterocycles. The molecule has 0 radical (unpaired) electrons. The minimum Gasteiger partial charge on any atom is -0.492 e. The Labute approximate surface area is 297 Å². The van der Waals surface area contributed by atoms with Gasteiger partial charge in [0.2, 0.25) is 5.95 Å². The maximum atomic E-state index is 15.5. The standard InChI is InChI=1S/C36H47BrFN8O2P/c1-6-23-19-29(32(48-8-3)21-31(23)46-15-11-25(12-16-46)45-17-13-39-14-18-45)43-36-40-22-27(37)35(44-36)42-30-20-28(38)33-26(34(30)49(4,5)47)10-9-24(7-2)41-33/h9-10,19-22,25,39H,6-8,11-18H2,1-5H3,(H2,40,42,43,44). The smallest absolute Gasteiger partial charge is 0.229 e. The summed E-state index contributed by atoms with van der Waals surface area (Å²) in [7, 11) is -2.88. The molecule has 0 spiro atoms. The highest BCUT2D eigenvalue weighted by molar-refractivity contribution is 9.10. The topological polar surface area (TPSA) is 108 Å². The van der Waals surface area contributed by atoms with Gasteiger partial charge in [0.1, 0.15) is 24.2 Å². The number of fused-ring (bicyclic) bond motifs is 1. The number of piperidine rings is 1. The van der Waals surface area contributed by atoms with Gasteiger partial charge in [-0.25, -0.2) is 14.4 Å². The number of pyridine rings is 1. The Balaban J connectivity index is 1.28. The fourth-order valence-corrected chi connectivity index (χ4v) is 8.75. The molecule has 13 heteroatoms. The summed E-state index contributed by atoms with van der Waals surface area (Å²) in [6, 6.07) is 9.95. The van der Waals surface area contributed by atoms with Gasteiger partial charge in [0.05, 0.1) is 22.5 Å². The zero-order chi connectivity index (χ0) is 34.7. The van der Waals surface area contributed by atoms with Crippen LogP contribution in [0.25, 0.3) is 10.9 Å². The molecular formula is C36H47BrFN8O2P. The van der Waals surface area contributed by atoms with Gasteiger partial charge in [-0.15, -0.1) is 0 Å². The van der Waals surface area contributed by atoms with Crippen molar-refractivity contribution in [3.8, 4) is 5.75 Å². The lowest BCUT2D eigenvalue weighted by Gasteiger charge is -2.41. The summed E-state index contributed by atoms with van der Waals surface area (Å²) in [6.07, 6.45) is 5.48. The van der Waals surface area contributed by atoms with E-state index in [1.165, 1.54) is 17.3 Å². The SMILES string of the molecule is CCOc1cc(N2CCC(N3CCNCC3)CC2)c(CC)cc1Nc1ncc(Br)c(Nc2cc(F)c3nc(CC)ccc3c2P(C)(C)=O)n1. The van der Waals surface area contributed by atoms with Crippen molar-refractivity contribution in [1.82, 2.24) is 25.2 Å². The molecule has 2 aliphatic rings. The van der Waals surface area contributed by atoms with Crippen LogP contribution in [0.3, 0.4) is 0 Å². The number of ether oxygens (including phenoxy) is 1. The molecule has 4 aromatic rings. The normalized spacial score (nSPS) is 16.3. The highest BCUT2D eigenvalue weighted by atomic mass is 79.9. The summed E-state index contributed by atoms with van der Waals surface area (Å²) < 4.78 is 35.9. The van der Waals surface area contributed by atoms with Crippen molar-refractivity contribution in [1.29, 1.82) is 0 Å². The Kier molecular flexibility index (Phi) is 11.1. The number of aryl methyl sites for hydroxylation is 2. The van der Waals surface area contributed by atoms with E-state index in [0.717, 1.165) is 75.7 Å². The lowest BCUT2D eigenvalue weighted by Crippen LogP contribution is -2.52. The number of piperazine rings is 1. The molecule has 2 saturated heterocycles. The van der Waals surface area contributed by atoms with Crippen molar-refractivity contribution < 1.29 is 13.7 Å². The predicted octanol–water partition coefficient (Wildman–Crippen LogP) is 7.06.